The molecule has 0 spiro atoms. The molecule has 1 aromatic heterocycles. The number of carbonyl (C=O) groups is 2. The summed E-state index contributed by atoms with van der Waals surface area (Å²) in [7, 11) is 0. The van der Waals surface area contributed by atoms with Gasteiger partial charge >= 0.3 is 24.3 Å². The largest absolute Gasteiger partial charge is 0.490 e. The number of hydrogen-bond donors (Lipinski definition) is 3. The number of benzene rings is 1. The number of nitrogens with zero attached hydrogens (tertiary/aromatic N) is 3. The second-order valence-corrected chi connectivity index (χ2v) is 7.70. The summed E-state index contributed by atoms with van der Waals surface area (Å²) in [5.74, 6) is -4.54. The zero-order chi connectivity index (χ0) is 27.4. The Hall–Kier alpha value is -3.13. The minimum atomic E-state index is -5.08. The van der Waals surface area contributed by atoms with Crippen molar-refractivity contribution in [2.24, 2.45) is 0 Å². The summed E-state index contributed by atoms with van der Waals surface area (Å²) < 4.78 is 63.5. The average molecular weight is 526 g/mol. The Balaban J connectivity index is 0.000000383. The number of aliphatic carboxylic acids is 2. The van der Waals surface area contributed by atoms with Gasteiger partial charge in [-0.15, -0.1) is 0 Å². The number of imidazole rings is 1. The highest BCUT2D eigenvalue weighted by atomic mass is 19.4. The van der Waals surface area contributed by atoms with Crippen LogP contribution in [0, 0.1) is 0 Å². The monoisotopic (exact) mass is 526 g/mol. The lowest BCUT2D eigenvalue weighted by molar-refractivity contribution is -0.193. The summed E-state index contributed by atoms with van der Waals surface area (Å²) in [6.07, 6.45) is -5.58. The van der Waals surface area contributed by atoms with Crippen LogP contribution in [0.5, 0.6) is 0 Å². The van der Waals surface area contributed by atoms with Crippen LogP contribution in [-0.2, 0) is 16.1 Å². The van der Waals surface area contributed by atoms with E-state index in [2.05, 4.69) is 38.8 Å². The Morgan fingerprint density at radius 2 is 1.39 bits per heavy atom. The summed E-state index contributed by atoms with van der Waals surface area (Å²) in [5, 5.41) is 14.2. The number of H-pyrrole nitrogens is 1. The fourth-order valence-corrected chi connectivity index (χ4v) is 2.98. The third kappa shape index (κ3) is 12.0. The Bertz CT molecular complexity index is 903. The van der Waals surface area contributed by atoms with Crippen molar-refractivity contribution in [3.8, 4) is 11.4 Å². The van der Waals surface area contributed by atoms with Crippen molar-refractivity contribution in [1.82, 2.24) is 19.8 Å². The predicted octanol–water partition coefficient (Wildman–Crippen LogP) is 4.26. The van der Waals surface area contributed by atoms with Crippen LogP contribution in [0.2, 0.25) is 0 Å². The van der Waals surface area contributed by atoms with E-state index in [-0.39, 0.29) is 0 Å². The van der Waals surface area contributed by atoms with Gasteiger partial charge in [0.25, 0.3) is 0 Å². The number of carboxylic acids is 2. The standard InChI is InChI=1S/C18H26N4.2C2HF3O2/c1-2-3-9-21-10-12-22(13-11-21)15-17-14-19-18(20-17)16-7-5-4-6-8-16;2*3-2(4,5)1(6)7/h4-8,14H,2-3,9-13,15H2,1H3,(H,19,20);2*(H,6,7). The SMILES string of the molecule is CCCCN1CCN(Cc2cnc(-c3ccccc3)[nH]2)CC1.O=C(O)C(F)(F)F.O=C(O)C(F)(F)F. The molecule has 2 heterocycles. The van der Waals surface area contributed by atoms with Gasteiger partial charge < -0.3 is 20.1 Å². The third-order valence-electron chi connectivity index (χ3n) is 4.85. The van der Waals surface area contributed by atoms with E-state index in [1.807, 2.05) is 24.4 Å². The van der Waals surface area contributed by atoms with E-state index < -0.39 is 24.3 Å². The highest BCUT2D eigenvalue weighted by Gasteiger charge is 2.38. The number of aromatic amines is 1. The zero-order valence-electron chi connectivity index (χ0n) is 19.4. The highest BCUT2D eigenvalue weighted by molar-refractivity contribution is 5.73. The number of piperazine rings is 1. The van der Waals surface area contributed by atoms with E-state index in [0.29, 0.717) is 0 Å². The average Bonchev–Trinajstić information content (AvgIpc) is 3.27. The van der Waals surface area contributed by atoms with Crippen molar-refractivity contribution in [3.05, 3.63) is 42.2 Å². The summed E-state index contributed by atoms with van der Waals surface area (Å²) >= 11 is 0. The van der Waals surface area contributed by atoms with Crippen LogP contribution in [0.4, 0.5) is 26.3 Å². The molecular formula is C22H28F6N4O4. The van der Waals surface area contributed by atoms with E-state index in [0.717, 1.165) is 31.0 Å². The molecule has 1 fully saturated rings. The van der Waals surface area contributed by atoms with Gasteiger partial charge in [-0.3, -0.25) is 4.90 Å². The molecule has 202 valence electrons. The summed E-state index contributed by atoms with van der Waals surface area (Å²) in [6.45, 7) is 9.19. The van der Waals surface area contributed by atoms with Crippen LogP contribution in [0.15, 0.2) is 36.5 Å². The Labute approximate surface area is 203 Å². The molecule has 36 heavy (non-hydrogen) atoms. The molecule has 0 unspecified atom stereocenters. The van der Waals surface area contributed by atoms with Crippen molar-refractivity contribution < 1.29 is 46.1 Å². The van der Waals surface area contributed by atoms with Crippen LogP contribution in [-0.4, -0.2) is 87.0 Å². The molecule has 0 aliphatic carbocycles. The lowest BCUT2D eigenvalue weighted by atomic mass is 10.2. The lowest BCUT2D eigenvalue weighted by Crippen LogP contribution is -2.46. The molecule has 1 aliphatic heterocycles. The Morgan fingerprint density at radius 3 is 1.83 bits per heavy atom. The lowest BCUT2D eigenvalue weighted by Gasteiger charge is -2.34. The predicted molar refractivity (Wildman–Crippen MR) is 118 cm³/mol. The fourth-order valence-electron chi connectivity index (χ4n) is 2.98. The smallest absolute Gasteiger partial charge is 0.475 e. The van der Waals surface area contributed by atoms with Crippen LogP contribution in [0.3, 0.4) is 0 Å². The number of halogens is 6. The van der Waals surface area contributed by atoms with Gasteiger partial charge in [0.05, 0.1) is 0 Å². The first kappa shape index (κ1) is 30.9. The molecule has 0 amide bonds. The molecule has 1 saturated heterocycles. The van der Waals surface area contributed by atoms with E-state index in [4.69, 9.17) is 19.8 Å². The molecule has 1 aliphatic rings. The molecule has 0 radical (unpaired) electrons. The summed E-state index contributed by atoms with van der Waals surface area (Å²) in [6, 6.07) is 10.3. The molecule has 14 heteroatoms. The number of carboxylic acid groups (broad SMARTS) is 2. The summed E-state index contributed by atoms with van der Waals surface area (Å²) in [5.41, 5.74) is 2.36. The van der Waals surface area contributed by atoms with Gasteiger partial charge in [0, 0.05) is 50.2 Å². The number of nitrogens with one attached hydrogen (secondary N) is 1. The first-order valence-corrected chi connectivity index (χ1v) is 10.9. The van der Waals surface area contributed by atoms with Crippen LogP contribution in [0.1, 0.15) is 25.5 Å². The van der Waals surface area contributed by atoms with Crippen molar-refractivity contribution >= 4 is 11.9 Å². The number of hydrogen-bond acceptors (Lipinski definition) is 5. The number of unbranched alkanes of at least 4 members (excludes halogenated alkanes) is 1. The Morgan fingerprint density at radius 1 is 0.917 bits per heavy atom. The van der Waals surface area contributed by atoms with E-state index in [1.54, 1.807) is 0 Å². The maximum Gasteiger partial charge on any atom is 0.490 e. The molecule has 0 saturated carbocycles. The second-order valence-electron chi connectivity index (χ2n) is 7.70. The Kier molecular flexibility index (Phi) is 12.4. The van der Waals surface area contributed by atoms with Gasteiger partial charge in [-0.25, -0.2) is 14.6 Å². The molecular weight excluding hydrogens is 498 g/mol. The quantitative estimate of drug-likeness (QED) is 0.483. The maximum atomic E-state index is 10.6. The van der Waals surface area contributed by atoms with Crippen LogP contribution < -0.4 is 0 Å². The number of alkyl halides is 6. The number of aromatic nitrogens is 2. The summed E-state index contributed by atoms with van der Waals surface area (Å²) in [4.78, 5) is 30.9. The van der Waals surface area contributed by atoms with Crippen molar-refractivity contribution in [2.45, 2.75) is 38.7 Å². The molecule has 0 atom stereocenters. The van der Waals surface area contributed by atoms with Gasteiger partial charge in [0.1, 0.15) is 5.82 Å². The fraction of sp³-hybridized carbons (Fsp3) is 0.500. The first-order chi connectivity index (χ1) is 16.7. The molecule has 0 bridgehead atoms. The van der Waals surface area contributed by atoms with Crippen molar-refractivity contribution in [1.29, 1.82) is 0 Å². The molecule has 3 rings (SSSR count). The normalized spacial score (nSPS) is 14.8. The van der Waals surface area contributed by atoms with Crippen LogP contribution >= 0.6 is 0 Å². The zero-order valence-corrected chi connectivity index (χ0v) is 19.4. The second kappa shape index (κ2) is 14.4. The van der Waals surface area contributed by atoms with Crippen LogP contribution in [0.25, 0.3) is 11.4 Å². The van der Waals surface area contributed by atoms with E-state index >= 15 is 0 Å². The molecule has 3 N–H and O–H groups in total. The number of rotatable bonds is 6. The van der Waals surface area contributed by atoms with Gasteiger partial charge in [-0.2, -0.15) is 26.3 Å². The maximum absolute atomic E-state index is 10.6. The highest BCUT2D eigenvalue weighted by Crippen LogP contribution is 2.16. The topological polar surface area (TPSA) is 110 Å². The van der Waals surface area contributed by atoms with Gasteiger partial charge in [0.15, 0.2) is 0 Å². The van der Waals surface area contributed by atoms with Gasteiger partial charge in [-0.05, 0) is 13.0 Å². The van der Waals surface area contributed by atoms with Gasteiger partial charge in [-0.1, -0.05) is 43.7 Å². The van der Waals surface area contributed by atoms with E-state index in [9.17, 15) is 26.3 Å². The van der Waals surface area contributed by atoms with E-state index in [1.165, 1.54) is 38.2 Å². The van der Waals surface area contributed by atoms with Gasteiger partial charge in [0.2, 0.25) is 0 Å². The minimum Gasteiger partial charge on any atom is -0.475 e. The third-order valence-corrected chi connectivity index (χ3v) is 4.85. The molecule has 8 nitrogen and oxygen atoms in total. The first-order valence-electron chi connectivity index (χ1n) is 10.9. The molecule has 1 aromatic carbocycles. The van der Waals surface area contributed by atoms with Crippen molar-refractivity contribution in [2.75, 3.05) is 32.7 Å². The minimum absolute atomic E-state index is 0.970. The molecule has 2 aromatic rings. The van der Waals surface area contributed by atoms with Crippen molar-refractivity contribution in [3.63, 3.8) is 0 Å².